The Morgan fingerprint density at radius 2 is 1.82 bits per heavy atom. The summed E-state index contributed by atoms with van der Waals surface area (Å²) in [5.41, 5.74) is 3.01. The molecular formula is C24H20N4O5. The Hall–Kier alpha value is -4.66. The van der Waals surface area contributed by atoms with Crippen LogP contribution in [0.15, 0.2) is 72.6 Å². The first kappa shape index (κ1) is 21.6. The number of rotatable bonds is 6. The summed E-state index contributed by atoms with van der Waals surface area (Å²) in [6.45, 7) is 1.47. The molecule has 0 radical (unpaired) electrons. The molecule has 1 aliphatic heterocycles. The van der Waals surface area contributed by atoms with Gasteiger partial charge in [0.1, 0.15) is 12.2 Å². The van der Waals surface area contributed by atoms with E-state index >= 15 is 0 Å². The Balaban J connectivity index is 1.50. The van der Waals surface area contributed by atoms with Gasteiger partial charge >= 0.3 is 12.0 Å². The number of nitrogens with one attached hydrogen (secondary N) is 2. The van der Waals surface area contributed by atoms with Gasteiger partial charge in [0, 0.05) is 23.3 Å². The second kappa shape index (κ2) is 8.83. The highest BCUT2D eigenvalue weighted by Gasteiger charge is 2.35. The van der Waals surface area contributed by atoms with Crippen LogP contribution >= 0.6 is 0 Å². The van der Waals surface area contributed by atoms with E-state index in [1.807, 2.05) is 13.0 Å². The van der Waals surface area contributed by atoms with E-state index in [0.29, 0.717) is 17.1 Å². The van der Waals surface area contributed by atoms with Gasteiger partial charge in [0.2, 0.25) is 5.91 Å². The normalized spacial score (nSPS) is 14.5. The molecule has 1 aliphatic rings. The summed E-state index contributed by atoms with van der Waals surface area (Å²) in [5, 5.41) is 14.2. The molecule has 1 aromatic heterocycles. The van der Waals surface area contributed by atoms with Crippen LogP contribution in [0.25, 0.3) is 11.8 Å². The summed E-state index contributed by atoms with van der Waals surface area (Å²) in [7, 11) is 0. The summed E-state index contributed by atoms with van der Waals surface area (Å²) in [5.74, 6) is -2.14. The number of benzene rings is 2. The van der Waals surface area contributed by atoms with Crippen LogP contribution in [0.3, 0.4) is 0 Å². The van der Waals surface area contributed by atoms with E-state index in [0.717, 1.165) is 10.5 Å². The minimum atomic E-state index is -1.03. The van der Waals surface area contributed by atoms with E-state index in [9.17, 15) is 19.2 Å². The maximum atomic E-state index is 12.8. The van der Waals surface area contributed by atoms with Gasteiger partial charge in [0.15, 0.2) is 0 Å². The molecular weight excluding hydrogens is 424 g/mol. The molecule has 0 saturated carbocycles. The number of hydrogen-bond acceptors (Lipinski definition) is 4. The van der Waals surface area contributed by atoms with Crippen LogP contribution in [0.2, 0.25) is 0 Å². The number of hydrogen-bond donors (Lipinski definition) is 3. The lowest BCUT2D eigenvalue weighted by Gasteiger charge is -2.12. The highest BCUT2D eigenvalue weighted by molar-refractivity contribution is 6.15. The largest absolute Gasteiger partial charge is 0.478 e. The number of urea groups is 1. The maximum absolute atomic E-state index is 12.8. The molecule has 0 atom stereocenters. The van der Waals surface area contributed by atoms with Crippen LogP contribution < -0.4 is 10.6 Å². The molecule has 166 valence electrons. The van der Waals surface area contributed by atoms with Crippen LogP contribution in [0.5, 0.6) is 0 Å². The number of imide groups is 1. The number of aryl methyl sites for hydroxylation is 1. The number of amides is 4. The van der Waals surface area contributed by atoms with Gasteiger partial charge in [-0.25, -0.2) is 14.5 Å². The zero-order chi connectivity index (χ0) is 23.5. The zero-order valence-electron chi connectivity index (χ0n) is 17.6. The van der Waals surface area contributed by atoms with Gasteiger partial charge in [-0.2, -0.15) is 0 Å². The molecule has 3 aromatic rings. The number of carboxylic acids is 1. The van der Waals surface area contributed by atoms with E-state index in [1.54, 1.807) is 53.2 Å². The number of aromatic carboxylic acids is 1. The van der Waals surface area contributed by atoms with Crippen molar-refractivity contribution in [3.05, 3.63) is 89.4 Å². The highest BCUT2D eigenvalue weighted by atomic mass is 16.4. The van der Waals surface area contributed by atoms with Crippen LogP contribution in [-0.4, -0.2) is 44.9 Å². The van der Waals surface area contributed by atoms with E-state index < -0.39 is 30.4 Å². The maximum Gasteiger partial charge on any atom is 0.335 e. The molecule has 33 heavy (non-hydrogen) atoms. The van der Waals surface area contributed by atoms with E-state index in [-0.39, 0.29) is 11.3 Å². The Labute approximate surface area is 188 Å². The second-order valence-electron chi connectivity index (χ2n) is 7.45. The van der Waals surface area contributed by atoms with Crippen LogP contribution in [0.1, 0.15) is 21.6 Å². The van der Waals surface area contributed by atoms with Crippen molar-refractivity contribution in [1.29, 1.82) is 0 Å². The Bertz CT molecular complexity index is 1290. The minimum absolute atomic E-state index is 0.0328. The first-order chi connectivity index (χ1) is 15.8. The van der Waals surface area contributed by atoms with Crippen molar-refractivity contribution in [3.8, 4) is 5.69 Å². The highest BCUT2D eigenvalue weighted by Crippen LogP contribution is 2.19. The standard InChI is InChI=1S/C24H20N4O5/c1-15-4-2-5-17(12-15)25-21(29)14-28-22(30)20(26-24(28)33)13-19-6-3-11-27(19)18-9-7-16(8-10-18)23(31)32/h2-13H,14H2,1H3,(H,25,29)(H,26,33)(H,31,32)/b20-13+. The lowest BCUT2D eigenvalue weighted by atomic mass is 10.2. The Kier molecular flexibility index (Phi) is 5.77. The first-order valence-electron chi connectivity index (χ1n) is 10.0. The molecule has 9 nitrogen and oxygen atoms in total. The number of carbonyl (C=O) groups excluding carboxylic acids is 3. The molecule has 9 heteroatoms. The van der Waals surface area contributed by atoms with E-state index in [1.165, 1.54) is 18.2 Å². The molecule has 4 amide bonds. The fraction of sp³-hybridized carbons (Fsp3) is 0.0833. The van der Waals surface area contributed by atoms with Gasteiger partial charge in [0.25, 0.3) is 5.91 Å². The molecule has 3 N–H and O–H groups in total. The smallest absolute Gasteiger partial charge is 0.335 e. The fourth-order valence-corrected chi connectivity index (χ4v) is 3.44. The minimum Gasteiger partial charge on any atom is -0.478 e. The van der Waals surface area contributed by atoms with Crippen molar-refractivity contribution >= 4 is 35.6 Å². The number of carboxylic acid groups (broad SMARTS) is 1. The summed E-state index contributed by atoms with van der Waals surface area (Å²) in [4.78, 5) is 49.4. The average molecular weight is 444 g/mol. The zero-order valence-corrected chi connectivity index (χ0v) is 17.6. The molecule has 1 fully saturated rings. The lowest BCUT2D eigenvalue weighted by Crippen LogP contribution is -2.38. The molecule has 4 rings (SSSR count). The quantitative estimate of drug-likeness (QED) is 0.399. The van der Waals surface area contributed by atoms with Crippen LogP contribution in [0, 0.1) is 6.92 Å². The van der Waals surface area contributed by atoms with Crippen molar-refractivity contribution in [2.75, 3.05) is 11.9 Å². The lowest BCUT2D eigenvalue weighted by molar-refractivity contribution is -0.127. The van der Waals surface area contributed by atoms with Crippen molar-refractivity contribution in [1.82, 2.24) is 14.8 Å². The molecule has 1 saturated heterocycles. The van der Waals surface area contributed by atoms with Gasteiger partial charge in [-0.05, 0) is 67.1 Å². The van der Waals surface area contributed by atoms with Gasteiger partial charge in [0.05, 0.1) is 5.56 Å². The van der Waals surface area contributed by atoms with Crippen molar-refractivity contribution in [2.24, 2.45) is 0 Å². The Morgan fingerprint density at radius 1 is 1.06 bits per heavy atom. The van der Waals surface area contributed by atoms with Gasteiger partial charge in [-0.15, -0.1) is 0 Å². The molecule has 2 aromatic carbocycles. The summed E-state index contributed by atoms with van der Waals surface area (Å²) in [6, 6.07) is 16.2. The predicted octanol–water partition coefficient (Wildman–Crippen LogP) is 3.02. The third-order valence-corrected chi connectivity index (χ3v) is 5.03. The molecule has 0 bridgehead atoms. The van der Waals surface area contributed by atoms with Gasteiger partial charge in [-0.3, -0.25) is 9.59 Å². The van der Waals surface area contributed by atoms with Gasteiger partial charge in [-0.1, -0.05) is 12.1 Å². The molecule has 0 aliphatic carbocycles. The third kappa shape index (κ3) is 4.67. The predicted molar refractivity (Wildman–Crippen MR) is 121 cm³/mol. The fourth-order valence-electron chi connectivity index (χ4n) is 3.44. The average Bonchev–Trinajstić information content (AvgIpc) is 3.34. The van der Waals surface area contributed by atoms with Crippen LogP contribution in [0.4, 0.5) is 10.5 Å². The summed E-state index contributed by atoms with van der Waals surface area (Å²) in [6.07, 6.45) is 3.25. The monoisotopic (exact) mass is 444 g/mol. The second-order valence-corrected chi connectivity index (χ2v) is 7.45. The van der Waals surface area contributed by atoms with Crippen molar-refractivity contribution < 1.29 is 24.3 Å². The number of carbonyl (C=O) groups is 4. The molecule has 2 heterocycles. The SMILES string of the molecule is Cc1cccc(NC(=O)CN2C(=O)N/C(=C/c3cccn3-c3ccc(C(=O)O)cc3)C2=O)c1. The van der Waals surface area contributed by atoms with Gasteiger partial charge < -0.3 is 20.3 Å². The third-order valence-electron chi connectivity index (χ3n) is 5.03. The molecule has 0 spiro atoms. The van der Waals surface area contributed by atoms with Crippen molar-refractivity contribution in [3.63, 3.8) is 0 Å². The van der Waals surface area contributed by atoms with E-state index in [2.05, 4.69) is 10.6 Å². The van der Waals surface area contributed by atoms with Crippen LogP contribution in [-0.2, 0) is 9.59 Å². The Morgan fingerprint density at radius 3 is 2.52 bits per heavy atom. The summed E-state index contributed by atoms with van der Waals surface area (Å²) < 4.78 is 1.74. The van der Waals surface area contributed by atoms with E-state index in [4.69, 9.17) is 5.11 Å². The topological polar surface area (TPSA) is 121 Å². The number of aromatic nitrogens is 1. The number of anilines is 1. The first-order valence-corrected chi connectivity index (χ1v) is 10.0. The molecule has 0 unspecified atom stereocenters. The van der Waals surface area contributed by atoms with Crippen molar-refractivity contribution in [2.45, 2.75) is 6.92 Å². The number of nitrogens with zero attached hydrogens (tertiary/aromatic N) is 2. The summed E-state index contributed by atoms with van der Waals surface area (Å²) >= 11 is 0.